The van der Waals surface area contributed by atoms with Crippen LogP contribution in [0.2, 0.25) is 0 Å². The van der Waals surface area contributed by atoms with Gasteiger partial charge in [-0.3, -0.25) is 9.52 Å². The maximum Gasteiger partial charge on any atom is 0.261 e. The lowest BCUT2D eigenvalue weighted by atomic mass is 9.86. The third-order valence-electron chi connectivity index (χ3n) is 5.70. The van der Waals surface area contributed by atoms with Crippen molar-refractivity contribution in [3.63, 3.8) is 0 Å². The van der Waals surface area contributed by atoms with Gasteiger partial charge in [0.15, 0.2) is 0 Å². The number of aryl methyl sites for hydroxylation is 1. The first-order chi connectivity index (χ1) is 13.3. The second kappa shape index (κ2) is 8.35. The Kier molecular flexibility index (Phi) is 6.08. The Balaban J connectivity index is 1.72. The fourth-order valence-corrected chi connectivity index (χ4v) is 4.76. The summed E-state index contributed by atoms with van der Waals surface area (Å²) in [5.74, 6) is 0.323. The van der Waals surface area contributed by atoms with E-state index in [0.29, 0.717) is 17.2 Å². The fourth-order valence-electron chi connectivity index (χ4n) is 3.63. The molecule has 1 saturated carbocycles. The lowest BCUT2D eigenvalue weighted by molar-refractivity contribution is 0.0910. The van der Waals surface area contributed by atoms with E-state index in [2.05, 4.69) is 17.0 Å². The summed E-state index contributed by atoms with van der Waals surface area (Å²) in [7, 11) is -3.71. The van der Waals surface area contributed by atoms with Gasteiger partial charge in [-0.1, -0.05) is 31.9 Å². The van der Waals surface area contributed by atoms with Crippen molar-refractivity contribution < 1.29 is 13.2 Å². The van der Waals surface area contributed by atoms with Crippen molar-refractivity contribution in [3.05, 3.63) is 59.2 Å². The normalized spacial score (nSPS) is 19.8. The molecule has 1 fully saturated rings. The summed E-state index contributed by atoms with van der Waals surface area (Å²) in [5.41, 5.74) is 2.95. The summed E-state index contributed by atoms with van der Waals surface area (Å²) < 4.78 is 28.0. The first-order valence-corrected chi connectivity index (χ1v) is 11.3. The summed E-state index contributed by atoms with van der Waals surface area (Å²) >= 11 is 0. The van der Waals surface area contributed by atoms with E-state index in [1.165, 1.54) is 18.6 Å². The molecular weight excluding hydrogens is 372 g/mol. The molecule has 0 aliphatic heterocycles. The number of carbonyl (C=O) groups excluding carboxylic acids is 1. The average molecular weight is 401 g/mol. The number of nitrogens with one attached hydrogen (secondary N) is 2. The lowest BCUT2D eigenvalue weighted by Gasteiger charge is -2.29. The van der Waals surface area contributed by atoms with Crippen LogP contribution in [0.5, 0.6) is 0 Å². The molecule has 1 aliphatic carbocycles. The molecule has 0 bridgehead atoms. The number of hydrogen-bond acceptors (Lipinski definition) is 3. The lowest BCUT2D eigenvalue weighted by Crippen LogP contribution is -2.41. The van der Waals surface area contributed by atoms with Gasteiger partial charge in [0, 0.05) is 11.6 Å². The molecule has 0 saturated heterocycles. The van der Waals surface area contributed by atoms with Crippen LogP contribution in [0.25, 0.3) is 0 Å². The number of carbonyl (C=O) groups is 1. The van der Waals surface area contributed by atoms with Crippen LogP contribution in [0.15, 0.2) is 47.4 Å². The van der Waals surface area contributed by atoms with Gasteiger partial charge in [0.05, 0.1) is 10.6 Å². The number of sulfonamides is 1. The van der Waals surface area contributed by atoms with E-state index in [-0.39, 0.29) is 16.8 Å². The standard InChI is InChI=1S/C22H28N2O3S/c1-15-8-6-10-21(17(15)3)24-28(26,27)19-13-11-18(12-14-19)22(25)23-20-9-5-4-7-16(20)2/h6,8,10-14,16,20,24H,4-5,7,9H2,1-3H3,(H,23,25)/t16-,20+/m1/s1. The van der Waals surface area contributed by atoms with Crippen molar-refractivity contribution >= 4 is 21.6 Å². The molecule has 2 N–H and O–H groups in total. The van der Waals surface area contributed by atoms with Crippen molar-refractivity contribution in [2.45, 2.75) is 57.4 Å². The van der Waals surface area contributed by atoms with E-state index in [4.69, 9.17) is 0 Å². The van der Waals surface area contributed by atoms with Crippen LogP contribution >= 0.6 is 0 Å². The number of amides is 1. The first kappa shape index (κ1) is 20.4. The Morgan fingerprint density at radius 3 is 2.36 bits per heavy atom. The number of hydrogen-bond donors (Lipinski definition) is 2. The Labute approximate surface area is 167 Å². The molecule has 28 heavy (non-hydrogen) atoms. The number of rotatable bonds is 5. The van der Waals surface area contributed by atoms with Crippen LogP contribution in [0.4, 0.5) is 5.69 Å². The molecule has 150 valence electrons. The van der Waals surface area contributed by atoms with Gasteiger partial charge in [-0.2, -0.15) is 0 Å². The van der Waals surface area contributed by atoms with Gasteiger partial charge in [0.2, 0.25) is 0 Å². The topological polar surface area (TPSA) is 75.3 Å². The number of anilines is 1. The highest BCUT2D eigenvalue weighted by Crippen LogP contribution is 2.25. The largest absolute Gasteiger partial charge is 0.349 e. The molecule has 6 heteroatoms. The molecule has 0 spiro atoms. The summed E-state index contributed by atoms with van der Waals surface area (Å²) in [4.78, 5) is 12.7. The van der Waals surface area contributed by atoms with E-state index in [0.717, 1.165) is 30.4 Å². The highest BCUT2D eigenvalue weighted by molar-refractivity contribution is 7.92. The molecule has 2 aromatic carbocycles. The number of benzene rings is 2. The maximum atomic E-state index is 12.7. The molecule has 0 heterocycles. The molecular formula is C22H28N2O3S. The molecule has 3 rings (SSSR count). The minimum atomic E-state index is -3.71. The van der Waals surface area contributed by atoms with Crippen molar-refractivity contribution in [1.82, 2.24) is 5.32 Å². The van der Waals surface area contributed by atoms with Gasteiger partial charge in [0.1, 0.15) is 0 Å². The van der Waals surface area contributed by atoms with Gasteiger partial charge in [-0.25, -0.2) is 8.42 Å². The van der Waals surface area contributed by atoms with E-state index in [9.17, 15) is 13.2 Å². The minimum Gasteiger partial charge on any atom is -0.349 e. The van der Waals surface area contributed by atoms with E-state index in [1.807, 2.05) is 26.0 Å². The third-order valence-corrected chi connectivity index (χ3v) is 7.09. The summed E-state index contributed by atoms with van der Waals surface area (Å²) in [6.45, 7) is 5.99. The molecule has 0 unspecified atom stereocenters. The fraction of sp³-hybridized carbons (Fsp3) is 0.409. The van der Waals surface area contributed by atoms with Crippen LogP contribution in [-0.4, -0.2) is 20.4 Å². The zero-order valence-corrected chi connectivity index (χ0v) is 17.5. The zero-order chi connectivity index (χ0) is 20.3. The Hall–Kier alpha value is -2.34. The van der Waals surface area contributed by atoms with Crippen molar-refractivity contribution in [3.8, 4) is 0 Å². The zero-order valence-electron chi connectivity index (χ0n) is 16.7. The van der Waals surface area contributed by atoms with Crippen molar-refractivity contribution in [2.75, 3.05) is 4.72 Å². The summed E-state index contributed by atoms with van der Waals surface area (Å²) in [6, 6.07) is 11.8. The highest BCUT2D eigenvalue weighted by Gasteiger charge is 2.23. The van der Waals surface area contributed by atoms with E-state index >= 15 is 0 Å². The predicted molar refractivity (Wildman–Crippen MR) is 112 cm³/mol. The highest BCUT2D eigenvalue weighted by atomic mass is 32.2. The van der Waals surface area contributed by atoms with Crippen molar-refractivity contribution in [2.24, 2.45) is 5.92 Å². The van der Waals surface area contributed by atoms with Gasteiger partial charge in [-0.05, 0) is 74.1 Å². The van der Waals surface area contributed by atoms with E-state index in [1.54, 1.807) is 18.2 Å². The molecule has 1 aliphatic rings. The third kappa shape index (κ3) is 4.55. The van der Waals surface area contributed by atoms with Gasteiger partial charge in [-0.15, -0.1) is 0 Å². The monoisotopic (exact) mass is 400 g/mol. The molecule has 0 radical (unpaired) electrons. The summed E-state index contributed by atoms with van der Waals surface area (Å²) in [6.07, 6.45) is 4.48. The van der Waals surface area contributed by atoms with Crippen molar-refractivity contribution in [1.29, 1.82) is 0 Å². The van der Waals surface area contributed by atoms with Gasteiger partial charge in [0.25, 0.3) is 15.9 Å². The van der Waals surface area contributed by atoms with Crippen LogP contribution in [0.1, 0.15) is 54.1 Å². The second-order valence-corrected chi connectivity index (χ2v) is 9.40. The Bertz CT molecular complexity index is 952. The quantitative estimate of drug-likeness (QED) is 0.780. The van der Waals surface area contributed by atoms with Crippen LogP contribution in [0.3, 0.4) is 0 Å². The molecule has 2 atom stereocenters. The van der Waals surface area contributed by atoms with Gasteiger partial charge >= 0.3 is 0 Å². The van der Waals surface area contributed by atoms with Crippen LogP contribution in [-0.2, 0) is 10.0 Å². The second-order valence-electron chi connectivity index (χ2n) is 7.72. The Morgan fingerprint density at radius 2 is 1.68 bits per heavy atom. The smallest absolute Gasteiger partial charge is 0.261 e. The van der Waals surface area contributed by atoms with Gasteiger partial charge < -0.3 is 5.32 Å². The average Bonchev–Trinajstić information content (AvgIpc) is 2.67. The van der Waals surface area contributed by atoms with Crippen LogP contribution < -0.4 is 10.0 Å². The SMILES string of the molecule is Cc1cccc(NS(=O)(=O)c2ccc(C(=O)N[C@H]3CCCC[C@H]3C)cc2)c1C. The van der Waals surface area contributed by atoms with Crippen LogP contribution in [0, 0.1) is 19.8 Å². The molecule has 1 amide bonds. The minimum absolute atomic E-state index is 0.135. The maximum absolute atomic E-state index is 12.7. The molecule has 5 nitrogen and oxygen atoms in total. The Morgan fingerprint density at radius 1 is 1.00 bits per heavy atom. The predicted octanol–water partition coefficient (Wildman–Crippen LogP) is 4.41. The van der Waals surface area contributed by atoms with E-state index < -0.39 is 10.0 Å². The molecule has 2 aromatic rings. The summed E-state index contributed by atoms with van der Waals surface area (Å²) in [5, 5.41) is 3.09. The molecule has 0 aromatic heterocycles. The first-order valence-electron chi connectivity index (χ1n) is 9.78.